The fourth-order valence-electron chi connectivity index (χ4n) is 1.70. The molecule has 0 saturated heterocycles. The molecule has 0 aromatic heterocycles. The Labute approximate surface area is 128 Å². The Morgan fingerprint density at radius 1 is 1.15 bits per heavy atom. The van der Waals surface area contributed by atoms with Crippen molar-refractivity contribution in [3.05, 3.63) is 58.9 Å². The lowest BCUT2D eigenvalue weighted by Crippen LogP contribution is -2.19. The van der Waals surface area contributed by atoms with Crippen molar-refractivity contribution in [3.63, 3.8) is 0 Å². The van der Waals surface area contributed by atoms with Crippen molar-refractivity contribution in [2.75, 3.05) is 10.6 Å². The molecule has 104 valence electrons. The maximum atomic E-state index is 13.6. The van der Waals surface area contributed by atoms with Crippen LogP contribution in [0.15, 0.2) is 42.5 Å². The molecule has 0 aliphatic heterocycles. The second kappa shape index (κ2) is 6.68. The van der Waals surface area contributed by atoms with Gasteiger partial charge < -0.3 is 10.6 Å². The Morgan fingerprint density at radius 2 is 1.85 bits per heavy atom. The van der Waals surface area contributed by atoms with Gasteiger partial charge in [-0.15, -0.1) is 0 Å². The first kappa shape index (κ1) is 14.8. The molecule has 2 nitrogen and oxygen atoms in total. The van der Waals surface area contributed by atoms with Gasteiger partial charge in [0.15, 0.2) is 5.11 Å². The number of aryl methyl sites for hydroxylation is 1. The van der Waals surface area contributed by atoms with Crippen molar-refractivity contribution < 1.29 is 4.39 Å². The summed E-state index contributed by atoms with van der Waals surface area (Å²) in [7, 11) is 0. The van der Waals surface area contributed by atoms with Gasteiger partial charge in [-0.05, 0) is 54.5 Å². The highest BCUT2D eigenvalue weighted by molar-refractivity contribution is 7.80. The Balaban J connectivity index is 2.01. The number of rotatable bonds is 3. The minimum Gasteiger partial charge on any atom is -0.332 e. The van der Waals surface area contributed by atoms with Crippen molar-refractivity contribution in [3.8, 4) is 0 Å². The van der Waals surface area contributed by atoms with E-state index in [-0.39, 0.29) is 5.69 Å². The van der Waals surface area contributed by atoms with Crippen LogP contribution in [0.5, 0.6) is 0 Å². The molecule has 0 heterocycles. The molecule has 2 N–H and O–H groups in total. The van der Waals surface area contributed by atoms with Crippen molar-refractivity contribution in [1.82, 2.24) is 0 Å². The highest BCUT2D eigenvalue weighted by Gasteiger charge is 2.05. The summed E-state index contributed by atoms with van der Waals surface area (Å²) in [5, 5.41) is 6.48. The molecule has 0 spiro atoms. The van der Waals surface area contributed by atoms with E-state index in [1.807, 2.05) is 24.3 Å². The van der Waals surface area contributed by atoms with Gasteiger partial charge in [0.05, 0.1) is 5.69 Å². The van der Waals surface area contributed by atoms with Crippen LogP contribution in [0.1, 0.15) is 12.5 Å². The van der Waals surface area contributed by atoms with Crippen LogP contribution in [0.3, 0.4) is 0 Å². The average Bonchev–Trinajstić information content (AvgIpc) is 2.43. The number of hydrogen-bond acceptors (Lipinski definition) is 1. The number of nitrogens with one attached hydrogen (secondary N) is 2. The molecule has 0 unspecified atom stereocenters. The van der Waals surface area contributed by atoms with E-state index in [0.717, 1.165) is 12.1 Å². The lowest BCUT2D eigenvalue weighted by atomic mass is 10.1. The molecule has 5 heteroatoms. The Hall–Kier alpha value is -1.65. The molecule has 20 heavy (non-hydrogen) atoms. The van der Waals surface area contributed by atoms with Crippen LogP contribution in [0.4, 0.5) is 15.8 Å². The van der Waals surface area contributed by atoms with Crippen molar-refractivity contribution in [1.29, 1.82) is 0 Å². The molecule has 0 radical (unpaired) electrons. The number of halogens is 2. The van der Waals surface area contributed by atoms with Gasteiger partial charge in [0, 0.05) is 10.7 Å². The van der Waals surface area contributed by atoms with E-state index in [9.17, 15) is 4.39 Å². The molecule has 0 fully saturated rings. The predicted octanol–water partition coefficient (Wildman–Crippen LogP) is 4.85. The van der Waals surface area contributed by atoms with Crippen LogP contribution in [-0.2, 0) is 6.42 Å². The summed E-state index contributed by atoms with van der Waals surface area (Å²) in [4.78, 5) is 0. The second-order valence-electron chi connectivity index (χ2n) is 4.25. The first-order valence-electron chi connectivity index (χ1n) is 6.20. The van der Waals surface area contributed by atoms with Gasteiger partial charge in [0.2, 0.25) is 0 Å². The number of thiocarbonyl (C=S) groups is 1. The van der Waals surface area contributed by atoms with E-state index in [2.05, 4.69) is 17.6 Å². The van der Waals surface area contributed by atoms with Crippen molar-refractivity contribution in [2.45, 2.75) is 13.3 Å². The molecule has 0 aliphatic rings. The van der Waals surface area contributed by atoms with Crippen LogP contribution in [-0.4, -0.2) is 5.11 Å². The molecular formula is C15H14ClFN2S. The molecule has 0 saturated carbocycles. The quantitative estimate of drug-likeness (QED) is 0.793. The molecule has 2 rings (SSSR count). The molecule has 0 amide bonds. The van der Waals surface area contributed by atoms with Gasteiger partial charge in [-0.3, -0.25) is 0 Å². The highest BCUT2D eigenvalue weighted by atomic mass is 35.5. The highest BCUT2D eigenvalue weighted by Crippen LogP contribution is 2.19. The third-order valence-corrected chi connectivity index (χ3v) is 3.24. The van der Waals surface area contributed by atoms with Crippen molar-refractivity contribution in [2.24, 2.45) is 0 Å². The fourth-order valence-corrected chi connectivity index (χ4v) is 2.09. The molecular weight excluding hydrogens is 295 g/mol. The van der Waals surface area contributed by atoms with E-state index in [0.29, 0.717) is 10.1 Å². The van der Waals surface area contributed by atoms with Crippen LogP contribution >= 0.6 is 23.8 Å². The Kier molecular flexibility index (Phi) is 4.93. The zero-order chi connectivity index (χ0) is 14.5. The summed E-state index contributed by atoms with van der Waals surface area (Å²) in [6, 6.07) is 12.3. The first-order chi connectivity index (χ1) is 9.58. The van der Waals surface area contributed by atoms with Gasteiger partial charge in [0.1, 0.15) is 5.82 Å². The van der Waals surface area contributed by atoms with E-state index < -0.39 is 5.82 Å². The van der Waals surface area contributed by atoms with Crippen LogP contribution in [0, 0.1) is 5.82 Å². The largest absolute Gasteiger partial charge is 0.332 e. The summed E-state index contributed by atoms with van der Waals surface area (Å²) >= 11 is 10.8. The SMILES string of the molecule is CCc1ccc(NC(=S)Nc2ccc(Cl)cc2F)cc1. The summed E-state index contributed by atoms with van der Waals surface area (Å²) in [6.45, 7) is 2.10. The first-order valence-corrected chi connectivity index (χ1v) is 6.99. The van der Waals surface area contributed by atoms with Crippen LogP contribution < -0.4 is 10.6 Å². The maximum Gasteiger partial charge on any atom is 0.175 e. The van der Waals surface area contributed by atoms with Gasteiger partial charge in [-0.2, -0.15) is 0 Å². The summed E-state index contributed by atoms with van der Waals surface area (Å²) in [6.07, 6.45) is 0.985. The zero-order valence-corrected chi connectivity index (χ0v) is 12.5. The molecule has 0 atom stereocenters. The Bertz CT molecular complexity index is 614. The minimum absolute atomic E-state index is 0.289. The molecule has 2 aromatic carbocycles. The minimum atomic E-state index is -0.442. The van der Waals surface area contributed by atoms with Crippen LogP contribution in [0.25, 0.3) is 0 Å². The van der Waals surface area contributed by atoms with Crippen LogP contribution in [0.2, 0.25) is 5.02 Å². The number of anilines is 2. The van der Waals surface area contributed by atoms with Gasteiger partial charge >= 0.3 is 0 Å². The Morgan fingerprint density at radius 3 is 2.45 bits per heavy atom. The van der Waals surface area contributed by atoms with Gasteiger partial charge in [0.25, 0.3) is 0 Å². The van der Waals surface area contributed by atoms with E-state index in [4.69, 9.17) is 23.8 Å². The molecule has 0 aliphatic carbocycles. The summed E-state index contributed by atoms with van der Waals surface area (Å²) < 4.78 is 13.6. The summed E-state index contributed by atoms with van der Waals surface area (Å²) in [5.41, 5.74) is 2.39. The number of hydrogen-bond donors (Lipinski definition) is 2. The van der Waals surface area contributed by atoms with Crippen molar-refractivity contribution >= 4 is 40.3 Å². The standard InChI is InChI=1S/C15H14ClFN2S/c1-2-10-3-6-12(7-4-10)18-15(20)19-14-8-5-11(16)9-13(14)17/h3-9H,2H2,1H3,(H2,18,19,20). The number of benzene rings is 2. The third-order valence-electron chi connectivity index (χ3n) is 2.80. The lowest BCUT2D eigenvalue weighted by molar-refractivity contribution is 0.632. The smallest absolute Gasteiger partial charge is 0.175 e. The fraction of sp³-hybridized carbons (Fsp3) is 0.133. The zero-order valence-electron chi connectivity index (χ0n) is 10.9. The van der Waals surface area contributed by atoms with E-state index >= 15 is 0 Å². The second-order valence-corrected chi connectivity index (χ2v) is 5.10. The monoisotopic (exact) mass is 308 g/mol. The van der Waals surface area contributed by atoms with E-state index in [1.54, 1.807) is 12.1 Å². The molecule has 0 bridgehead atoms. The van der Waals surface area contributed by atoms with Gasteiger partial charge in [-0.25, -0.2) is 4.39 Å². The van der Waals surface area contributed by atoms with E-state index in [1.165, 1.54) is 11.6 Å². The van der Waals surface area contributed by atoms with Gasteiger partial charge in [-0.1, -0.05) is 30.7 Å². The maximum absolute atomic E-state index is 13.6. The average molecular weight is 309 g/mol. The normalized spacial score (nSPS) is 10.2. The third kappa shape index (κ3) is 3.92. The topological polar surface area (TPSA) is 24.1 Å². The molecule has 2 aromatic rings. The lowest BCUT2D eigenvalue weighted by Gasteiger charge is -2.11. The summed E-state index contributed by atoms with van der Waals surface area (Å²) in [5.74, 6) is -0.442. The predicted molar refractivity (Wildman–Crippen MR) is 87.1 cm³/mol.